The first-order valence-corrected chi connectivity index (χ1v) is 41.2. The van der Waals surface area contributed by atoms with Gasteiger partial charge >= 0.3 is 35.8 Å². The highest BCUT2D eigenvalue weighted by Gasteiger charge is 2.40. The van der Waals surface area contributed by atoms with E-state index in [0.29, 0.717) is 23.1 Å². The number of thiol groups is 1. The molecule has 15 atom stereocenters. The van der Waals surface area contributed by atoms with E-state index in [1.165, 1.54) is 38.1 Å². The zero-order valence-corrected chi connectivity index (χ0v) is 71.0. The lowest BCUT2D eigenvalue weighted by molar-refractivity contribution is -0.148. The Kier molecular flexibility index (Phi) is 45.1. The molecule has 26 N–H and O–H groups in total. The van der Waals surface area contributed by atoms with Gasteiger partial charge in [0.25, 0.3) is 0 Å². The molecule has 0 unspecified atom stereocenters. The van der Waals surface area contributed by atoms with Crippen molar-refractivity contribution < 1.29 is 132 Å². The number of nitrogens with two attached hydrogens (primary N) is 3. The summed E-state index contributed by atoms with van der Waals surface area (Å²) in [5.41, 5.74) is 19.7. The quantitative estimate of drug-likeness (QED) is 0.0151. The molecule has 692 valence electrons. The highest BCUT2D eigenvalue weighted by molar-refractivity contribution is 7.80. The van der Waals surface area contributed by atoms with Gasteiger partial charge < -0.3 is 122 Å². The Balaban J connectivity index is 1.64. The van der Waals surface area contributed by atoms with Crippen molar-refractivity contribution in [1.82, 2.24) is 69.1 Å². The number of nitrogens with one attached hydrogen (secondary N) is 13. The van der Waals surface area contributed by atoms with Crippen LogP contribution in [-0.4, -0.2) is 251 Å². The highest BCUT2D eigenvalue weighted by atomic mass is 32.1. The molecule has 0 saturated heterocycles. The Morgan fingerprint density at radius 1 is 0.331 bits per heavy atom. The number of rotatable bonds is 58. The number of benzene rings is 4. The first-order chi connectivity index (χ1) is 60.0. The maximum atomic E-state index is 14.9. The monoisotopic (exact) mass is 1800 g/mol. The molecule has 0 bridgehead atoms. The molecule has 14 amide bonds. The highest BCUT2D eigenvalue weighted by Crippen LogP contribution is 2.18. The van der Waals surface area contributed by atoms with E-state index in [0.717, 1.165) is 5.56 Å². The van der Waals surface area contributed by atoms with Crippen LogP contribution >= 0.6 is 12.6 Å². The average Bonchev–Trinajstić information content (AvgIpc) is 0.846. The average molecular weight is 1800 g/mol. The van der Waals surface area contributed by atoms with Crippen molar-refractivity contribution in [1.29, 1.82) is 0 Å². The number of phenols is 1. The minimum atomic E-state index is -2.23. The second-order valence-corrected chi connectivity index (χ2v) is 30.7. The molecule has 0 saturated carbocycles. The van der Waals surface area contributed by atoms with Crippen molar-refractivity contribution in [2.75, 3.05) is 12.3 Å². The molecule has 0 aromatic heterocycles. The van der Waals surface area contributed by atoms with E-state index in [1.807, 2.05) is 5.32 Å². The van der Waals surface area contributed by atoms with Crippen LogP contribution in [-0.2, 0) is 122 Å². The maximum absolute atomic E-state index is 14.9. The number of carboxylic acid groups (broad SMARTS) is 6. The molecule has 43 nitrogen and oxygen atoms in total. The summed E-state index contributed by atoms with van der Waals surface area (Å²) in [7, 11) is 0. The molecule has 0 fully saturated rings. The third-order valence-corrected chi connectivity index (χ3v) is 20.2. The van der Waals surface area contributed by atoms with Crippen molar-refractivity contribution in [3.63, 3.8) is 0 Å². The standard InChI is InChI=1S/C83H112N16O27S/c1-5-44(4)69(99-79(121)56(38-48-24-26-49(100)27-25-48)91-70(112)50(85)35-45-17-9-6-10-18-45)82(124)97-61(42-127)80(122)92-57(37-47-21-13-8-14-22-47)78(120)98-68(43(2)3)81(123)95-55(36-46-19-11-7-12-20-46)75(117)94-58(39-65(106)107)76(118)90-52(28-31-62(86)101)72(114)87-51(23-15-16-34-84)71(113)88-53(29-32-63(102)103)73(115)89-54(30-33-64(104)105)74(116)93-59(40-66(108)109)77(119)96-60(83(125)126)41-67(110)111/h6-14,17-22,24-27,43-44,50-61,68-69,100,127H,5,15-16,23,28-42,84-85H2,1-4H3,(H2,86,101)(H,87,114)(H,88,113)(H,89,115)(H,90,118)(H,91,112)(H,92,122)(H,93,116)(H,94,117)(H,95,123)(H,96,119)(H,97,124)(H,98,120)(H,99,121)(H,102,103)(H,104,105)(H,106,107)(H,108,109)(H,110,111)(H,125,126)/t44-,50-,51-,52-,53-,54-,55-,56-,57-,58-,59-,60-,61-,68-,69-/m0/s1. The molecule has 0 radical (unpaired) electrons. The summed E-state index contributed by atoms with van der Waals surface area (Å²) >= 11 is 4.38. The number of phenolic OH excluding ortho intramolecular Hbond substituents is 1. The van der Waals surface area contributed by atoms with Crippen molar-refractivity contribution >= 4 is 131 Å². The van der Waals surface area contributed by atoms with Crippen molar-refractivity contribution in [2.24, 2.45) is 29.0 Å². The molecule has 0 aliphatic rings. The topological polar surface area (TPSA) is 717 Å². The lowest BCUT2D eigenvalue weighted by Gasteiger charge is -2.30. The molecule has 0 aliphatic heterocycles. The Hall–Kier alpha value is -13.6. The van der Waals surface area contributed by atoms with Gasteiger partial charge in [-0.2, -0.15) is 12.6 Å². The SMILES string of the molecule is CC[C@H](C)[C@H](NC(=O)[C@H](Cc1ccc(O)cc1)NC(=O)[C@@H](N)Cc1ccccc1)C(=O)N[C@@H](CS)C(=O)N[C@@H](Cc1ccccc1)C(=O)N[C@H](C(=O)N[C@@H](Cc1ccccc1)C(=O)N[C@@H](CC(=O)O)C(=O)N[C@@H](CCC(N)=O)C(=O)N[C@@H](CCCCN)C(=O)N[C@@H](CCC(=O)O)C(=O)N[C@@H](CCC(=O)O)C(=O)N[C@@H](CC(=O)O)C(=O)N[C@@H](CC(=O)O)C(=O)O)C(C)C. The van der Waals surface area contributed by atoms with E-state index in [-0.39, 0.29) is 56.6 Å². The van der Waals surface area contributed by atoms with Gasteiger partial charge in [0.1, 0.15) is 84.3 Å². The Morgan fingerprint density at radius 2 is 0.630 bits per heavy atom. The number of hydrogen-bond acceptors (Lipinski definition) is 24. The van der Waals surface area contributed by atoms with Crippen molar-refractivity contribution in [3.8, 4) is 5.75 Å². The predicted molar refractivity (Wildman–Crippen MR) is 453 cm³/mol. The summed E-state index contributed by atoms with van der Waals surface area (Å²) in [6.45, 7) is 6.42. The van der Waals surface area contributed by atoms with Crippen molar-refractivity contribution in [2.45, 2.75) is 221 Å². The third-order valence-electron chi connectivity index (χ3n) is 19.8. The van der Waals surface area contributed by atoms with Gasteiger partial charge in [-0.3, -0.25) is 91.1 Å². The van der Waals surface area contributed by atoms with E-state index >= 15 is 0 Å². The number of aliphatic carboxylic acids is 6. The Bertz CT molecular complexity index is 4480. The first-order valence-electron chi connectivity index (χ1n) is 40.5. The maximum Gasteiger partial charge on any atom is 0.326 e. The van der Waals surface area contributed by atoms with Gasteiger partial charge in [0.05, 0.1) is 25.3 Å². The molecule has 127 heavy (non-hydrogen) atoms. The second kappa shape index (κ2) is 54.2. The summed E-state index contributed by atoms with van der Waals surface area (Å²) in [4.78, 5) is 270. The first kappa shape index (κ1) is 106. The minimum absolute atomic E-state index is 0.00625. The number of carbonyl (C=O) groups is 20. The number of carboxylic acids is 6. The van der Waals surface area contributed by atoms with Crippen LogP contribution in [0.4, 0.5) is 0 Å². The van der Waals surface area contributed by atoms with E-state index in [1.54, 1.807) is 110 Å². The fourth-order valence-corrected chi connectivity index (χ4v) is 12.9. The lowest BCUT2D eigenvalue weighted by atomic mass is 9.96. The molecule has 0 spiro atoms. The van der Waals surface area contributed by atoms with Crippen LogP contribution in [0.2, 0.25) is 0 Å². The number of carbonyl (C=O) groups excluding carboxylic acids is 14. The zero-order valence-electron chi connectivity index (χ0n) is 70.1. The summed E-state index contributed by atoms with van der Waals surface area (Å²) in [5.74, 6) is -28.4. The summed E-state index contributed by atoms with van der Waals surface area (Å²) in [6.07, 6.45) is -9.33. The third kappa shape index (κ3) is 38.6. The molecule has 4 rings (SSSR count). The van der Waals surface area contributed by atoms with Crippen LogP contribution in [0.3, 0.4) is 0 Å². The normalized spacial score (nSPS) is 14.6. The summed E-state index contributed by atoms with van der Waals surface area (Å²) in [6, 6.07) is 6.13. The molecule has 4 aromatic carbocycles. The van der Waals surface area contributed by atoms with E-state index in [9.17, 15) is 127 Å². The van der Waals surface area contributed by atoms with Crippen LogP contribution < -0.4 is 86.3 Å². The molecular weight excluding hydrogens is 1690 g/mol. The van der Waals surface area contributed by atoms with Crippen LogP contribution in [0.5, 0.6) is 5.75 Å². The van der Waals surface area contributed by atoms with Gasteiger partial charge in [0, 0.05) is 44.3 Å². The van der Waals surface area contributed by atoms with Crippen LogP contribution in [0, 0.1) is 11.8 Å². The number of amides is 14. The van der Waals surface area contributed by atoms with E-state index in [2.05, 4.69) is 71.1 Å². The summed E-state index contributed by atoms with van der Waals surface area (Å²) < 4.78 is 0. The minimum Gasteiger partial charge on any atom is -0.508 e. The van der Waals surface area contributed by atoms with E-state index in [4.69, 9.17) is 22.3 Å². The number of aromatic hydroxyl groups is 1. The predicted octanol–water partition coefficient (Wildman–Crippen LogP) is -3.44. The molecular formula is C83H112N16O27S. The number of unbranched alkanes of at least 4 members (excludes halogenated alkanes) is 1. The molecule has 0 aliphatic carbocycles. The lowest BCUT2D eigenvalue weighted by Crippen LogP contribution is -2.62. The summed E-state index contributed by atoms with van der Waals surface area (Å²) in [5, 5.41) is 98.5. The van der Waals surface area contributed by atoms with Crippen LogP contribution in [0.25, 0.3) is 0 Å². The van der Waals surface area contributed by atoms with Crippen molar-refractivity contribution in [3.05, 3.63) is 138 Å². The van der Waals surface area contributed by atoms with Gasteiger partial charge in [-0.15, -0.1) is 0 Å². The van der Waals surface area contributed by atoms with Gasteiger partial charge in [-0.25, -0.2) is 4.79 Å². The fourth-order valence-electron chi connectivity index (χ4n) is 12.6. The Labute approximate surface area is 734 Å². The van der Waals surface area contributed by atoms with Gasteiger partial charge in [-0.05, 0) is 97.7 Å². The number of primary amides is 1. The van der Waals surface area contributed by atoms with Crippen LogP contribution in [0.1, 0.15) is 133 Å². The molecule has 0 heterocycles. The molecule has 44 heteroatoms. The smallest absolute Gasteiger partial charge is 0.326 e. The second-order valence-electron chi connectivity index (χ2n) is 30.3. The zero-order chi connectivity index (χ0) is 94.7. The number of hydrogen-bond donors (Lipinski definition) is 24. The van der Waals surface area contributed by atoms with Gasteiger partial charge in [0.2, 0.25) is 82.7 Å². The fraction of sp³-hybridized carbons (Fsp3) is 0.470. The van der Waals surface area contributed by atoms with Gasteiger partial charge in [-0.1, -0.05) is 137 Å². The largest absolute Gasteiger partial charge is 0.508 e. The van der Waals surface area contributed by atoms with E-state index < -0.39 is 279 Å². The van der Waals surface area contributed by atoms with Crippen LogP contribution in [0.15, 0.2) is 115 Å². The Morgan fingerprint density at radius 3 is 1.00 bits per heavy atom. The molecule has 4 aromatic rings. The van der Waals surface area contributed by atoms with Gasteiger partial charge in [0.15, 0.2) is 0 Å².